The van der Waals surface area contributed by atoms with Crippen LogP contribution in [0.5, 0.6) is 0 Å². The van der Waals surface area contributed by atoms with Crippen LogP contribution in [0.25, 0.3) is 5.57 Å². The molecule has 236 valence electrons. The van der Waals surface area contributed by atoms with Crippen LogP contribution in [0.2, 0.25) is 0 Å². The van der Waals surface area contributed by atoms with Gasteiger partial charge in [0, 0.05) is 43.3 Å². The molecule has 1 aromatic carbocycles. The number of likely N-dealkylation sites (tertiary alicyclic amines) is 1. The van der Waals surface area contributed by atoms with E-state index < -0.39 is 10.0 Å². The quantitative estimate of drug-likeness (QED) is 0.259. The number of amides is 1. The van der Waals surface area contributed by atoms with E-state index in [4.69, 9.17) is 21.3 Å². The third kappa shape index (κ3) is 7.54. The number of halogens is 1. The number of allylic oxidation sites excluding steroid dienone is 1. The summed E-state index contributed by atoms with van der Waals surface area (Å²) < 4.78 is 30.6. The van der Waals surface area contributed by atoms with E-state index in [1.807, 2.05) is 24.3 Å². The molecule has 0 aromatic heterocycles. The Morgan fingerprint density at radius 1 is 1.02 bits per heavy atom. The molecule has 4 aliphatic rings. The molecule has 1 aromatic rings. The van der Waals surface area contributed by atoms with E-state index in [-0.39, 0.29) is 30.3 Å². The molecule has 5 rings (SSSR count). The summed E-state index contributed by atoms with van der Waals surface area (Å²) in [5.41, 5.74) is 3.73. The van der Waals surface area contributed by atoms with E-state index in [2.05, 4.69) is 11.8 Å². The van der Waals surface area contributed by atoms with Crippen molar-refractivity contribution in [2.75, 3.05) is 33.0 Å². The molecular formula is C33H46ClN3O5S. The van der Waals surface area contributed by atoms with Gasteiger partial charge in [-0.05, 0) is 73.8 Å². The van der Waals surface area contributed by atoms with Gasteiger partial charge in [0.15, 0.2) is 0 Å². The van der Waals surface area contributed by atoms with Crippen molar-refractivity contribution < 1.29 is 22.7 Å². The van der Waals surface area contributed by atoms with Gasteiger partial charge in [0.2, 0.25) is 15.9 Å². The van der Waals surface area contributed by atoms with Crippen LogP contribution < -0.4 is 0 Å². The number of sulfonamides is 1. The zero-order chi connectivity index (χ0) is 30.7. The molecule has 43 heavy (non-hydrogen) atoms. The summed E-state index contributed by atoms with van der Waals surface area (Å²) in [5.74, 6) is 1.48. The number of rotatable bonds is 9. The van der Waals surface area contributed by atoms with E-state index in [0.717, 1.165) is 73.3 Å². The lowest BCUT2D eigenvalue weighted by Crippen LogP contribution is -2.44. The Morgan fingerprint density at radius 3 is 2.30 bits per heavy atom. The SMILES string of the molecule is CCCC1CCC(C(=O)N2C[C@@H](C3CCN(S(C)(=O)=O)CC3)C[C@H]2C2=NC(Cl)=C(c3ccc(CC(=O)OC)cc3)C2)CC1. The predicted octanol–water partition coefficient (Wildman–Crippen LogP) is 5.65. The van der Waals surface area contributed by atoms with Crippen LogP contribution in [0.4, 0.5) is 0 Å². The van der Waals surface area contributed by atoms with E-state index in [9.17, 15) is 18.0 Å². The number of ether oxygens (including phenoxy) is 1. The average Bonchev–Trinajstić information content (AvgIpc) is 3.61. The van der Waals surface area contributed by atoms with Crippen LogP contribution in [-0.2, 0) is 30.8 Å². The topological polar surface area (TPSA) is 96.4 Å². The molecule has 0 unspecified atom stereocenters. The predicted molar refractivity (Wildman–Crippen MR) is 170 cm³/mol. The van der Waals surface area contributed by atoms with Crippen molar-refractivity contribution in [3.63, 3.8) is 0 Å². The highest BCUT2D eigenvalue weighted by Crippen LogP contribution is 2.42. The monoisotopic (exact) mass is 631 g/mol. The largest absolute Gasteiger partial charge is 0.469 e. The van der Waals surface area contributed by atoms with Gasteiger partial charge in [-0.1, -0.05) is 55.6 Å². The molecule has 3 fully saturated rings. The first-order valence-electron chi connectivity index (χ1n) is 15.9. The Balaban J connectivity index is 1.30. The van der Waals surface area contributed by atoms with Gasteiger partial charge >= 0.3 is 5.97 Å². The van der Waals surface area contributed by atoms with E-state index in [1.165, 1.54) is 26.2 Å². The summed E-state index contributed by atoms with van der Waals surface area (Å²) in [6, 6.07) is 7.68. The summed E-state index contributed by atoms with van der Waals surface area (Å²) in [4.78, 5) is 32.8. The average molecular weight is 632 g/mol. The molecule has 0 N–H and O–H groups in total. The number of methoxy groups -OCH3 is 1. The van der Waals surface area contributed by atoms with Crippen molar-refractivity contribution in [2.45, 2.75) is 83.6 Å². The standard InChI is InChI=1S/C33H46ClN3O5S/c1-4-5-22-6-12-26(13-7-22)33(39)37-21-27(24-14-16-36(17-15-24)43(3,40)41)19-30(37)29-20-28(32(34)35-29)25-10-8-23(9-11-25)18-31(38)42-2/h8-11,22,24,26-27,30H,4-7,12-21H2,1-3H3/t22?,26?,27-,30-/m0/s1. The molecule has 0 spiro atoms. The molecular weight excluding hydrogens is 586 g/mol. The van der Waals surface area contributed by atoms with Crippen molar-refractivity contribution >= 4 is 44.8 Å². The lowest BCUT2D eigenvalue weighted by atomic mass is 9.79. The van der Waals surface area contributed by atoms with Crippen molar-refractivity contribution in [3.05, 3.63) is 40.5 Å². The molecule has 1 saturated carbocycles. The first-order valence-corrected chi connectivity index (χ1v) is 18.2. The van der Waals surface area contributed by atoms with Crippen LogP contribution in [0.3, 0.4) is 0 Å². The second-order valence-electron chi connectivity index (χ2n) is 13.0. The molecule has 0 bridgehead atoms. The van der Waals surface area contributed by atoms with Crippen molar-refractivity contribution in [2.24, 2.45) is 28.7 Å². The Bertz CT molecular complexity index is 1340. The van der Waals surface area contributed by atoms with Gasteiger partial charge < -0.3 is 9.64 Å². The minimum Gasteiger partial charge on any atom is -0.469 e. The van der Waals surface area contributed by atoms with Crippen molar-refractivity contribution in [1.29, 1.82) is 0 Å². The third-order valence-electron chi connectivity index (χ3n) is 10.3. The van der Waals surface area contributed by atoms with Gasteiger partial charge in [-0.3, -0.25) is 9.59 Å². The second-order valence-corrected chi connectivity index (χ2v) is 15.3. The Hall–Kier alpha value is -2.23. The van der Waals surface area contributed by atoms with E-state index in [1.54, 1.807) is 4.31 Å². The summed E-state index contributed by atoms with van der Waals surface area (Å²) in [6.07, 6.45) is 11.2. The first kappa shape index (κ1) is 32.2. The third-order valence-corrected chi connectivity index (χ3v) is 11.9. The maximum Gasteiger partial charge on any atom is 0.309 e. The molecule has 2 atom stereocenters. The minimum absolute atomic E-state index is 0.0636. The highest BCUT2D eigenvalue weighted by molar-refractivity contribution is 7.88. The Kier molecular flexibility index (Phi) is 10.3. The normalized spacial score (nSPS) is 27.4. The van der Waals surface area contributed by atoms with Crippen molar-refractivity contribution in [1.82, 2.24) is 9.21 Å². The fraction of sp³-hybridized carbons (Fsp3) is 0.667. The number of piperidine rings is 1. The first-order chi connectivity index (χ1) is 20.6. The summed E-state index contributed by atoms with van der Waals surface area (Å²) in [5, 5.41) is 0.466. The summed E-state index contributed by atoms with van der Waals surface area (Å²) in [6.45, 7) is 4.03. The second kappa shape index (κ2) is 13.8. The van der Waals surface area contributed by atoms with Gasteiger partial charge in [-0.25, -0.2) is 17.7 Å². The highest BCUT2D eigenvalue weighted by Gasteiger charge is 2.45. The molecule has 2 saturated heterocycles. The number of hydrogen-bond donors (Lipinski definition) is 0. The highest BCUT2D eigenvalue weighted by atomic mass is 35.5. The summed E-state index contributed by atoms with van der Waals surface area (Å²) >= 11 is 6.75. The smallest absolute Gasteiger partial charge is 0.309 e. The van der Waals surface area contributed by atoms with Crippen LogP contribution in [-0.4, -0.2) is 74.3 Å². The lowest BCUT2D eigenvalue weighted by molar-refractivity contribution is -0.140. The molecule has 8 nitrogen and oxygen atoms in total. The van der Waals surface area contributed by atoms with Gasteiger partial charge in [0.1, 0.15) is 5.16 Å². The maximum atomic E-state index is 14.1. The van der Waals surface area contributed by atoms with Crippen LogP contribution in [0.1, 0.15) is 82.3 Å². The molecule has 1 amide bonds. The Labute approximate surface area is 261 Å². The molecule has 10 heteroatoms. The van der Waals surface area contributed by atoms with Gasteiger partial charge in [-0.15, -0.1) is 0 Å². The van der Waals surface area contributed by atoms with E-state index in [0.29, 0.717) is 43.0 Å². The Morgan fingerprint density at radius 2 is 1.70 bits per heavy atom. The van der Waals surface area contributed by atoms with Crippen LogP contribution in [0, 0.1) is 23.7 Å². The van der Waals surface area contributed by atoms with Crippen LogP contribution in [0.15, 0.2) is 34.4 Å². The number of hydrogen-bond acceptors (Lipinski definition) is 6. The maximum absolute atomic E-state index is 14.1. The number of carbonyl (C=O) groups excluding carboxylic acids is 2. The minimum atomic E-state index is -3.19. The van der Waals surface area contributed by atoms with Crippen molar-refractivity contribution in [3.8, 4) is 0 Å². The van der Waals surface area contributed by atoms with Crippen LogP contribution >= 0.6 is 11.6 Å². The number of carbonyl (C=O) groups is 2. The lowest BCUT2D eigenvalue weighted by Gasteiger charge is -2.34. The molecule has 3 heterocycles. The van der Waals surface area contributed by atoms with E-state index >= 15 is 0 Å². The number of nitrogens with zero attached hydrogens (tertiary/aromatic N) is 3. The van der Waals surface area contributed by atoms with Gasteiger partial charge in [-0.2, -0.15) is 0 Å². The molecule has 0 radical (unpaired) electrons. The fourth-order valence-electron chi connectivity index (χ4n) is 7.75. The zero-order valence-corrected chi connectivity index (χ0v) is 27.3. The summed E-state index contributed by atoms with van der Waals surface area (Å²) in [7, 11) is -1.80. The zero-order valence-electron chi connectivity index (χ0n) is 25.8. The van der Waals surface area contributed by atoms with Gasteiger partial charge in [0.25, 0.3) is 0 Å². The number of esters is 1. The number of benzene rings is 1. The number of aliphatic imine (C=N–C) groups is 1. The van der Waals surface area contributed by atoms with Gasteiger partial charge in [0.05, 0.1) is 25.8 Å². The fourth-order valence-corrected chi connectivity index (χ4v) is 8.91. The molecule has 3 aliphatic heterocycles. The molecule has 1 aliphatic carbocycles.